The summed E-state index contributed by atoms with van der Waals surface area (Å²) in [6.07, 6.45) is 0.165. The van der Waals surface area contributed by atoms with E-state index in [1.54, 1.807) is 0 Å². The van der Waals surface area contributed by atoms with Crippen molar-refractivity contribution in [1.82, 2.24) is 0 Å². The van der Waals surface area contributed by atoms with E-state index in [1.165, 1.54) is 0 Å². The van der Waals surface area contributed by atoms with E-state index in [0.717, 1.165) is 11.1 Å². The fourth-order valence-electron chi connectivity index (χ4n) is 1.51. The van der Waals surface area contributed by atoms with Gasteiger partial charge in [-0.3, -0.25) is 0 Å². The maximum atomic E-state index is 9.95. The number of benzene rings is 1. The molecule has 0 amide bonds. The lowest BCUT2D eigenvalue weighted by atomic mass is 9.92. The molecule has 2 heteroatoms. The van der Waals surface area contributed by atoms with Gasteiger partial charge in [-0.05, 0) is 12.0 Å². The SMILES string of the molecule is C=C(CCl)C[C@@H](O)[C@@H](C)c1ccccc1. The van der Waals surface area contributed by atoms with E-state index in [-0.39, 0.29) is 5.92 Å². The standard InChI is InChI=1S/C13H17ClO/c1-10(9-14)8-13(15)11(2)12-6-4-3-5-7-12/h3-7,11,13,15H,1,8-9H2,2H3/t11-,13+/m0/s1. The normalized spacial score (nSPS) is 14.6. The lowest BCUT2D eigenvalue weighted by Crippen LogP contribution is -2.16. The van der Waals surface area contributed by atoms with Crippen LogP contribution in [0.25, 0.3) is 0 Å². The molecule has 0 heterocycles. The molecule has 15 heavy (non-hydrogen) atoms. The Hall–Kier alpha value is -0.790. The third-order valence-corrected chi connectivity index (χ3v) is 2.97. The number of halogens is 1. The first-order valence-electron chi connectivity index (χ1n) is 5.10. The van der Waals surface area contributed by atoms with Crippen LogP contribution in [0.5, 0.6) is 0 Å². The van der Waals surface area contributed by atoms with Crippen LogP contribution in [-0.4, -0.2) is 17.1 Å². The van der Waals surface area contributed by atoms with Gasteiger partial charge in [0.15, 0.2) is 0 Å². The fourth-order valence-corrected chi connectivity index (χ4v) is 1.61. The van der Waals surface area contributed by atoms with Gasteiger partial charge in [0.1, 0.15) is 0 Å². The summed E-state index contributed by atoms with van der Waals surface area (Å²) >= 11 is 5.64. The quantitative estimate of drug-likeness (QED) is 0.601. The summed E-state index contributed by atoms with van der Waals surface area (Å²) in [5.41, 5.74) is 2.03. The predicted molar refractivity (Wildman–Crippen MR) is 65.3 cm³/mol. The largest absolute Gasteiger partial charge is 0.392 e. The van der Waals surface area contributed by atoms with E-state index in [0.29, 0.717) is 12.3 Å². The van der Waals surface area contributed by atoms with E-state index < -0.39 is 6.10 Å². The topological polar surface area (TPSA) is 20.2 Å². The highest BCUT2D eigenvalue weighted by Gasteiger charge is 2.16. The molecule has 82 valence electrons. The Morgan fingerprint density at radius 2 is 2.00 bits per heavy atom. The highest BCUT2D eigenvalue weighted by molar-refractivity contribution is 6.19. The van der Waals surface area contributed by atoms with Crippen LogP contribution in [0.3, 0.4) is 0 Å². The molecule has 0 saturated carbocycles. The van der Waals surface area contributed by atoms with Crippen molar-refractivity contribution < 1.29 is 5.11 Å². The van der Waals surface area contributed by atoms with Crippen molar-refractivity contribution in [3.05, 3.63) is 48.0 Å². The van der Waals surface area contributed by atoms with Gasteiger partial charge in [0.2, 0.25) is 0 Å². The molecule has 0 aliphatic heterocycles. The second-order valence-electron chi connectivity index (χ2n) is 3.85. The first kappa shape index (κ1) is 12.3. The summed E-state index contributed by atoms with van der Waals surface area (Å²) in [5, 5.41) is 9.95. The number of hydrogen-bond donors (Lipinski definition) is 1. The van der Waals surface area contributed by atoms with Crippen LogP contribution >= 0.6 is 11.6 Å². The smallest absolute Gasteiger partial charge is 0.0643 e. The first-order chi connectivity index (χ1) is 7.15. The van der Waals surface area contributed by atoms with Crippen LogP contribution < -0.4 is 0 Å². The van der Waals surface area contributed by atoms with Crippen molar-refractivity contribution in [2.75, 3.05) is 5.88 Å². The Morgan fingerprint density at radius 1 is 1.40 bits per heavy atom. The van der Waals surface area contributed by atoms with Gasteiger partial charge in [-0.2, -0.15) is 0 Å². The molecule has 0 spiro atoms. The minimum Gasteiger partial charge on any atom is -0.392 e. The Kier molecular flexibility index (Phi) is 4.86. The predicted octanol–water partition coefficient (Wildman–Crippen LogP) is 3.34. The van der Waals surface area contributed by atoms with Gasteiger partial charge in [-0.15, -0.1) is 11.6 Å². The first-order valence-corrected chi connectivity index (χ1v) is 5.64. The van der Waals surface area contributed by atoms with Crippen molar-refractivity contribution in [3.63, 3.8) is 0 Å². The molecule has 0 aliphatic carbocycles. The van der Waals surface area contributed by atoms with Crippen LogP contribution in [0.4, 0.5) is 0 Å². The summed E-state index contributed by atoms with van der Waals surface area (Å²) in [6, 6.07) is 9.98. The molecule has 0 aliphatic rings. The average molecular weight is 225 g/mol. The fraction of sp³-hybridized carbons (Fsp3) is 0.385. The molecule has 0 bridgehead atoms. The number of rotatable bonds is 5. The minimum absolute atomic E-state index is 0.117. The van der Waals surface area contributed by atoms with E-state index >= 15 is 0 Å². The summed E-state index contributed by atoms with van der Waals surface area (Å²) in [7, 11) is 0. The van der Waals surface area contributed by atoms with Crippen molar-refractivity contribution in [3.8, 4) is 0 Å². The maximum absolute atomic E-state index is 9.95. The van der Waals surface area contributed by atoms with Crippen LogP contribution in [0.2, 0.25) is 0 Å². The van der Waals surface area contributed by atoms with Gasteiger partial charge >= 0.3 is 0 Å². The molecule has 0 aromatic heterocycles. The summed E-state index contributed by atoms with van der Waals surface area (Å²) in [5.74, 6) is 0.532. The van der Waals surface area contributed by atoms with Gasteiger partial charge in [-0.25, -0.2) is 0 Å². The third-order valence-electron chi connectivity index (χ3n) is 2.59. The Bertz CT molecular complexity index is 308. The third kappa shape index (κ3) is 3.69. The highest BCUT2D eigenvalue weighted by atomic mass is 35.5. The molecule has 0 fully saturated rings. The molecule has 2 atom stereocenters. The molecule has 0 radical (unpaired) electrons. The number of hydrogen-bond acceptors (Lipinski definition) is 1. The van der Waals surface area contributed by atoms with Crippen LogP contribution in [-0.2, 0) is 0 Å². The van der Waals surface area contributed by atoms with Gasteiger partial charge in [0.25, 0.3) is 0 Å². The van der Waals surface area contributed by atoms with Gasteiger partial charge in [-0.1, -0.05) is 49.4 Å². The van der Waals surface area contributed by atoms with Crippen molar-refractivity contribution in [2.45, 2.75) is 25.4 Å². The molecule has 1 aromatic rings. The zero-order valence-corrected chi connectivity index (χ0v) is 9.74. The Labute approximate surface area is 96.4 Å². The van der Waals surface area contributed by atoms with Gasteiger partial charge < -0.3 is 5.11 Å². The monoisotopic (exact) mass is 224 g/mol. The highest BCUT2D eigenvalue weighted by Crippen LogP contribution is 2.22. The van der Waals surface area contributed by atoms with E-state index in [1.807, 2.05) is 37.3 Å². The number of alkyl halides is 1. The lowest BCUT2D eigenvalue weighted by molar-refractivity contribution is 0.149. The van der Waals surface area contributed by atoms with Gasteiger partial charge in [0, 0.05) is 11.8 Å². The van der Waals surface area contributed by atoms with E-state index in [2.05, 4.69) is 6.58 Å². The second-order valence-corrected chi connectivity index (χ2v) is 4.12. The molecular formula is C13H17ClO. The van der Waals surface area contributed by atoms with Crippen molar-refractivity contribution in [1.29, 1.82) is 0 Å². The maximum Gasteiger partial charge on any atom is 0.0643 e. The van der Waals surface area contributed by atoms with Gasteiger partial charge in [0.05, 0.1) is 6.10 Å². The molecular weight excluding hydrogens is 208 g/mol. The molecule has 1 rings (SSSR count). The van der Waals surface area contributed by atoms with Crippen LogP contribution in [0, 0.1) is 0 Å². The van der Waals surface area contributed by atoms with Crippen LogP contribution in [0.15, 0.2) is 42.5 Å². The summed E-state index contributed by atoms with van der Waals surface area (Å²) < 4.78 is 0. The summed E-state index contributed by atoms with van der Waals surface area (Å²) in [4.78, 5) is 0. The van der Waals surface area contributed by atoms with Crippen LogP contribution in [0.1, 0.15) is 24.8 Å². The summed E-state index contributed by atoms with van der Waals surface area (Å²) in [6.45, 7) is 5.81. The lowest BCUT2D eigenvalue weighted by Gasteiger charge is -2.19. The van der Waals surface area contributed by atoms with E-state index in [9.17, 15) is 5.11 Å². The number of aliphatic hydroxyl groups is 1. The van der Waals surface area contributed by atoms with Crippen molar-refractivity contribution in [2.24, 2.45) is 0 Å². The average Bonchev–Trinajstić information content (AvgIpc) is 2.29. The molecule has 1 aromatic carbocycles. The Balaban J connectivity index is 2.61. The zero-order chi connectivity index (χ0) is 11.3. The minimum atomic E-state index is -0.404. The molecule has 1 nitrogen and oxygen atoms in total. The second kappa shape index (κ2) is 5.94. The molecule has 0 unspecified atom stereocenters. The van der Waals surface area contributed by atoms with E-state index in [4.69, 9.17) is 11.6 Å². The Morgan fingerprint density at radius 3 is 2.53 bits per heavy atom. The zero-order valence-electron chi connectivity index (χ0n) is 8.99. The molecule has 1 N–H and O–H groups in total. The van der Waals surface area contributed by atoms with Crippen molar-refractivity contribution >= 4 is 11.6 Å². The molecule has 0 saturated heterocycles. The number of aliphatic hydroxyl groups excluding tert-OH is 1.